The van der Waals surface area contributed by atoms with Crippen LogP contribution in [0.5, 0.6) is 0 Å². The summed E-state index contributed by atoms with van der Waals surface area (Å²) in [4.78, 5) is 8.80. The summed E-state index contributed by atoms with van der Waals surface area (Å²) in [6, 6.07) is 13.9. The quantitative estimate of drug-likeness (QED) is 0.571. The molecule has 0 unspecified atom stereocenters. The molecule has 0 fully saturated rings. The summed E-state index contributed by atoms with van der Waals surface area (Å²) in [5.41, 5.74) is 2.32. The average molecular weight is 405 g/mol. The predicted octanol–water partition coefficient (Wildman–Crippen LogP) is 5.94. The highest BCUT2D eigenvalue weighted by Crippen LogP contribution is 2.44. The van der Waals surface area contributed by atoms with E-state index in [0.717, 1.165) is 33.6 Å². The number of imidazole rings is 1. The van der Waals surface area contributed by atoms with E-state index in [0.29, 0.717) is 12.5 Å². The highest BCUT2D eigenvalue weighted by molar-refractivity contribution is 7.99. The number of nitrogens with zero attached hydrogens (tertiary/aromatic N) is 1. The van der Waals surface area contributed by atoms with Crippen LogP contribution < -0.4 is 0 Å². The molecule has 4 rings (SSSR count). The van der Waals surface area contributed by atoms with Crippen LogP contribution in [-0.4, -0.2) is 15.7 Å². The Morgan fingerprint density at radius 3 is 2.69 bits per heavy atom. The third kappa shape index (κ3) is 4.09. The molecule has 1 aliphatic rings. The molecule has 134 valence electrons. The minimum atomic E-state index is 0.00398. The molecule has 0 bridgehead atoms. The second-order valence-electron chi connectivity index (χ2n) is 6.35. The van der Waals surface area contributed by atoms with E-state index in [9.17, 15) is 0 Å². The fourth-order valence-corrected chi connectivity index (χ4v) is 4.83. The van der Waals surface area contributed by atoms with Gasteiger partial charge in [-0.25, -0.2) is 4.98 Å². The maximum atomic E-state index is 6.40. The molecule has 26 heavy (non-hydrogen) atoms. The van der Waals surface area contributed by atoms with E-state index in [-0.39, 0.29) is 6.10 Å². The molecular weight excluding hydrogens is 387 g/mol. The molecule has 0 radical (unpaired) electrons. The Bertz CT molecular complexity index is 868. The number of H-pyrrole nitrogens is 1. The van der Waals surface area contributed by atoms with E-state index in [2.05, 4.69) is 16.0 Å². The number of aromatic amines is 1. The van der Waals surface area contributed by atoms with E-state index >= 15 is 0 Å². The Morgan fingerprint density at radius 2 is 1.92 bits per heavy atom. The van der Waals surface area contributed by atoms with Crippen molar-refractivity contribution in [3.8, 4) is 0 Å². The molecule has 6 heteroatoms. The van der Waals surface area contributed by atoms with Gasteiger partial charge in [-0.3, -0.25) is 0 Å². The molecule has 1 N–H and O–H groups in total. The molecule has 0 aliphatic carbocycles. The lowest BCUT2D eigenvalue weighted by Crippen LogP contribution is -2.25. The van der Waals surface area contributed by atoms with Crippen LogP contribution in [0, 0.1) is 5.92 Å². The number of benzene rings is 2. The van der Waals surface area contributed by atoms with Crippen molar-refractivity contribution >= 4 is 35.0 Å². The van der Waals surface area contributed by atoms with Crippen LogP contribution in [0.4, 0.5) is 0 Å². The lowest BCUT2D eigenvalue weighted by atomic mass is 9.93. The summed E-state index contributed by atoms with van der Waals surface area (Å²) >= 11 is 14.0. The van der Waals surface area contributed by atoms with Crippen LogP contribution in [0.15, 0.2) is 59.8 Å². The van der Waals surface area contributed by atoms with Gasteiger partial charge in [0.05, 0.1) is 12.7 Å². The van der Waals surface area contributed by atoms with E-state index in [1.807, 2.05) is 54.4 Å². The van der Waals surface area contributed by atoms with Crippen molar-refractivity contribution in [3.63, 3.8) is 0 Å². The second-order valence-corrected chi connectivity index (χ2v) is 8.29. The number of ether oxygens (including phenoxy) is 1. The first-order chi connectivity index (χ1) is 12.7. The largest absolute Gasteiger partial charge is 0.368 e. The van der Waals surface area contributed by atoms with E-state index < -0.39 is 0 Å². The van der Waals surface area contributed by atoms with Crippen molar-refractivity contribution in [3.05, 3.63) is 81.9 Å². The molecule has 2 atom stereocenters. The molecule has 0 saturated heterocycles. The average Bonchev–Trinajstić information content (AvgIpc) is 3.15. The molecule has 1 aliphatic heterocycles. The highest BCUT2D eigenvalue weighted by Gasteiger charge is 2.31. The Morgan fingerprint density at radius 1 is 1.12 bits per heavy atom. The molecule has 2 aromatic carbocycles. The number of halogens is 2. The van der Waals surface area contributed by atoms with Crippen LogP contribution in [0.3, 0.4) is 0 Å². The molecule has 2 heterocycles. The highest BCUT2D eigenvalue weighted by atomic mass is 35.5. The smallest absolute Gasteiger partial charge is 0.106 e. The van der Waals surface area contributed by atoms with Crippen molar-refractivity contribution in [1.29, 1.82) is 0 Å². The maximum absolute atomic E-state index is 6.40. The summed E-state index contributed by atoms with van der Waals surface area (Å²) in [5.74, 6) is 2.31. The molecule has 0 spiro atoms. The van der Waals surface area contributed by atoms with Crippen LogP contribution in [0.25, 0.3) is 0 Å². The van der Waals surface area contributed by atoms with Gasteiger partial charge in [0.2, 0.25) is 0 Å². The topological polar surface area (TPSA) is 37.9 Å². The van der Waals surface area contributed by atoms with Crippen molar-refractivity contribution in [1.82, 2.24) is 9.97 Å². The van der Waals surface area contributed by atoms with Gasteiger partial charge in [-0.15, -0.1) is 11.8 Å². The maximum Gasteiger partial charge on any atom is 0.106 e. The Labute approximate surface area is 167 Å². The first-order valence-electron chi connectivity index (χ1n) is 8.45. The van der Waals surface area contributed by atoms with Crippen LogP contribution in [-0.2, 0) is 17.8 Å². The number of hydrogen-bond acceptors (Lipinski definition) is 3. The summed E-state index contributed by atoms with van der Waals surface area (Å²) < 4.78 is 6.40. The number of aromatic nitrogens is 2. The number of hydrogen-bond donors (Lipinski definition) is 1. The van der Waals surface area contributed by atoms with Crippen LogP contribution >= 0.6 is 35.0 Å². The first kappa shape index (κ1) is 17.9. The second kappa shape index (κ2) is 8.05. The monoisotopic (exact) mass is 404 g/mol. The summed E-state index contributed by atoms with van der Waals surface area (Å²) in [7, 11) is 0. The number of nitrogens with one attached hydrogen (secondary N) is 1. The number of thioether (sulfide) groups is 1. The van der Waals surface area contributed by atoms with Crippen molar-refractivity contribution in [2.45, 2.75) is 24.0 Å². The third-order valence-corrected chi connectivity index (χ3v) is 6.26. The SMILES string of the molecule is Clc1ccc(CO[C@H]2c3ccc(Cl)cc3SC[C@@H]2Cc2ncc[nH]2)cc1. The van der Waals surface area contributed by atoms with Crippen LogP contribution in [0.1, 0.15) is 23.1 Å². The lowest BCUT2D eigenvalue weighted by molar-refractivity contribution is 0.00175. The number of fused-ring (bicyclic) bond motifs is 1. The minimum absolute atomic E-state index is 0.00398. The molecule has 3 aromatic rings. The van der Waals surface area contributed by atoms with Gasteiger partial charge in [-0.2, -0.15) is 0 Å². The number of rotatable bonds is 5. The van der Waals surface area contributed by atoms with Crippen molar-refractivity contribution in [2.24, 2.45) is 5.92 Å². The van der Waals surface area contributed by atoms with Gasteiger partial charge in [0.15, 0.2) is 0 Å². The zero-order valence-electron chi connectivity index (χ0n) is 14.0. The van der Waals surface area contributed by atoms with Gasteiger partial charge >= 0.3 is 0 Å². The minimum Gasteiger partial charge on any atom is -0.368 e. The molecule has 1 aromatic heterocycles. The summed E-state index contributed by atoms with van der Waals surface area (Å²) in [5, 5.41) is 1.50. The van der Waals surface area contributed by atoms with Gasteiger partial charge in [-0.1, -0.05) is 41.4 Å². The molecule has 0 amide bonds. The van der Waals surface area contributed by atoms with Gasteiger partial charge in [0.25, 0.3) is 0 Å². The third-order valence-electron chi connectivity index (χ3n) is 4.52. The molecule has 3 nitrogen and oxygen atoms in total. The van der Waals surface area contributed by atoms with Gasteiger partial charge in [0, 0.05) is 45.4 Å². The summed E-state index contributed by atoms with van der Waals surface area (Å²) in [6.07, 6.45) is 4.52. The van der Waals surface area contributed by atoms with E-state index in [1.54, 1.807) is 6.20 Å². The van der Waals surface area contributed by atoms with Gasteiger partial charge in [0.1, 0.15) is 5.82 Å². The lowest BCUT2D eigenvalue weighted by Gasteiger charge is -2.33. The Balaban J connectivity index is 1.57. The normalized spacial score (nSPS) is 19.3. The molecule has 0 saturated carbocycles. The van der Waals surface area contributed by atoms with Crippen molar-refractivity contribution < 1.29 is 4.74 Å². The molecular formula is C20H18Cl2N2OS. The van der Waals surface area contributed by atoms with E-state index in [1.165, 1.54) is 10.5 Å². The zero-order chi connectivity index (χ0) is 17.9. The van der Waals surface area contributed by atoms with Gasteiger partial charge in [-0.05, 0) is 35.4 Å². The Kier molecular flexibility index (Phi) is 5.55. The zero-order valence-corrected chi connectivity index (χ0v) is 16.3. The first-order valence-corrected chi connectivity index (χ1v) is 10.2. The fraction of sp³-hybridized carbons (Fsp3) is 0.250. The summed E-state index contributed by atoms with van der Waals surface area (Å²) in [6.45, 7) is 0.545. The van der Waals surface area contributed by atoms with Crippen molar-refractivity contribution in [2.75, 3.05) is 5.75 Å². The predicted molar refractivity (Wildman–Crippen MR) is 107 cm³/mol. The van der Waals surface area contributed by atoms with Crippen LogP contribution in [0.2, 0.25) is 10.0 Å². The standard InChI is InChI=1S/C20H18Cl2N2OS/c21-15-3-1-13(2-4-15)11-25-20-14(9-19-23-7-8-24-19)12-26-18-10-16(22)5-6-17(18)20/h1-8,10,14,20H,9,11-12H2,(H,23,24)/t14-,20+/m0/s1. The Hall–Kier alpha value is -1.46. The van der Waals surface area contributed by atoms with E-state index in [4.69, 9.17) is 27.9 Å². The fourth-order valence-electron chi connectivity index (χ4n) is 3.22. The van der Waals surface area contributed by atoms with Gasteiger partial charge < -0.3 is 9.72 Å².